The summed E-state index contributed by atoms with van der Waals surface area (Å²) in [6.07, 6.45) is 0. The Morgan fingerprint density at radius 3 is 2.26 bits per heavy atom. The number of fused-ring (bicyclic) bond motifs is 1. The fourth-order valence-electron chi connectivity index (χ4n) is 2.62. The van der Waals surface area contributed by atoms with Gasteiger partial charge in [-0.05, 0) is 19.9 Å². The summed E-state index contributed by atoms with van der Waals surface area (Å²) in [5, 5.41) is 1.00. The molecule has 3 rings (SSSR count). The third kappa shape index (κ3) is 3.08. The van der Waals surface area contributed by atoms with Crippen LogP contribution in [0.1, 0.15) is 19.5 Å². The van der Waals surface area contributed by atoms with Crippen LogP contribution in [0.2, 0.25) is 0 Å². The average Bonchev–Trinajstić information content (AvgIpc) is 2.62. The lowest BCUT2D eigenvalue weighted by Gasteiger charge is -2.22. The molecule has 3 nitrogen and oxygen atoms in total. The average molecular weight is 321 g/mol. The number of thiocarbonyl (C=S) groups is 1. The molecule has 0 radical (unpaired) electrons. The lowest BCUT2D eigenvalue weighted by Crippen LogP contribution is -2.30. The minimum atomic E-state index is 0.716. The summed E-state index contributed by atoms with van der Waals surface area (Å²) in [6.45, 7) is 5.96. The Bertz CT molecular complexity index is 826. The van der Waals surface area contributed by atoms with Gasteiger partial charge in [-0.2, -0.15) is 0 Å². The van der Waals surface area contributed by atoms with E-state index in [9.17, 15) is 0 Å². The first-order valence-electron chi connectivity index (χ1n) is 7.86. The van der Waals surface area contributed by atoms with Gasteiger partial charge in [0.05, 0.1) is 5.52 Å². The third-order valence-corrected chi connectivity index (χ3v) is 4.34. The van der Waals surface area contributed by atoms with Crippen molar-refractivity contribution in [2.24, 2.45) is 0 Å². The van der Waals surface area contributed by atoms with E-state index in [1.807, 2.05) is 54.6 Å². The number of aromatic nitrogens is 2. The van der Waals surface area contributed by atoms with Crippen molar-refractivity contribution in [1.29, 1.82) is 0 Å². The molecule has 23 heavy (non-hydrogen) atoms. The zero-order valence-corrected chi connectivity index (χ0v) is 14.2. The van der Waals surface area contributed by atoms with Crippen LogP contribution in [0.15, 0.2) is 54.6 Å². The van der Waals surface area contributed by atoms with Gasteiger partial charge in [-0.15, -0.1) is 0 Å². The molecule has 0 saturated carbocycles. The predicted molar refractivity (Wildman–Crippen MR) is 99.6 cm³/mol. The Balaban J connectivity index is 2.21. The van der Waals surface area contributed by atoms with Crippen molar-refractivity contribution in [1.82, 2.24) is 14.9 Å². The molecule has 4 heteroatoms. The van der Waals surface area contributed by atoms with Crippen LogP contribution in [0.5, 0.6) is 0 Å². The lowest BCUT2D eigenvalue weighted by molar-refractivity contribution is 0.474. The smallest absolute Gasteiger partial charge is 0.160 e. The van der Waals surface area contributed by atoms with Crippen molar-refractivity contribution in [2.45, 2.75) is 13.8 Å². The summed E-state index contributed by atoms with van der Waals surface area (Å²) >= 11 is 5.71. The van der Waals surface area contributed by atoms with Crippen LogP contribution in [0.3, 0.4) is 0 Å². The van der Waals surface area contributed by atoms with Gasteiger partial charge < -0.3 is 4.90 Å². The number of nitrogens with zero attached hydrogens (tertiary/aromatic N) is 3. The van der Waals surface area contributed by atoms with E-state index >= 15 is 0 Å². The molecule has 0 unspecified atom stereocenters. The molecular weight excluding hydrogens is 302 g/mol. The second-order valence-electron chi connectivity index (χ2n) is 5.26. The standard InChI is InChI=1S/C19H19N3S/c1-3-22(4-2)19(23)17-15-12-8-9-13-16(15)20-18(21-17)14-10-6-5-7-11-14/h5-13H,3-4H2,1-2H3. The van der Waals surface area contributed by atoms with Crippen molar-refractivity contribution in [3.63, 3.8) is 0 Å². The highest BCUT2D eigenvalue weighted by atomic mass is 32.1. The van der Waals surface area contributed by atoms with Crippen molar-refractivity contribution in [2.75, 3.05) is 13.1 Å². The first-order chi connectivity index (χ1) is 11.2. The minimum Gasteiger partial charge on any atom is -0.362 e. The van der Waals surface area contributed by atoms with Gasteiger partial charge in [-0.1, -0.05) is 60.7 Å². The van der Waals surface area contributed by atoms with Crippen molar-refractivity contribution in [3.05, 3.63) is 60.3 Å². The molecule has 2 aromatic carbocycles. The van der Waals surface area contributed by atoms with E-state index in [0.717, 1.165) is 40.2 Å². The van der Waals surface area contributed by atoms with E-state index in [1.165, 1.54) is 0 Å². The Morgan fingerprint density at radius 2 is 1.57 bits per heavy atom. The fraction of sp³-hybridized carbons (Fsp3) is 0.211. The summed E-state index contributed by atoms with van der Waals surface area (Å²) in [5.74, 6) is 0.716. The zero-order chi connectivity index (χ0) is 16.2. The summed E-state index contributed by atoms with van der Waals surface area (Å²) < 4.78 is 0. The Labute approximate surface area is 142 Å². The normalized spacial score (nSPS) is 10.7. The quantitative estimate of drug-likeness (QED) is 0.669. The third-order valence-electron chi connectivity index (χ3n) is 3.89. The molecule has 0 aliphatic rings. The molecule has 116 valence electrons. The molecule has 3 aromatic rings. The van der Waals surface area contributed by atoms with Gasteiger partial charge in [-0.25, -0.2) is 9.97 Å². The van der Waals surface area contributed by atoms with Gasteiger partial charge in [0.15, 0.2) is 5.82 Å². The maximum Gasteiger partial charge on any atom is 0.160 e. The highest BCUT2D eigenvalue weighted by Crippen LogP contribution is 2.23. The maximum atomic E-state index is 5.71. The molecule has 0 bridgehead atoms. The second-order valence-corrected chi connectivity index (χ2v) is 5.64. The first kappa shape index (κ1) is 15.6. The van der Waals surface area contributed by atoms with Crippen molar-refractivity contribution >= 4 is 28.1 Å². The van der Waals surface area contributed by atoms with E-state index in [2.05, 4.69) is 18.7 Å². The van der Waals surface area contributed by atoms with Crippen LogP contribution in [0.25, 0.3) is 22.3 Å². The van der Waals surface area contributed by atoms with Gasteiger partial charge in [-0.3, -0.25) is 0 Å². The molecule has 1 heterocycles. The Morgan fingerprint density at radius 1 is 0.913 bits per heavy atom. The molecule has 0 aliphatic heterocycles. The molecule has 0 aliphatic carbocycles. The minimum absolute atomic E-state index is 0.716. The summed E-state index contributed by atoms with van der Waals surface area (Å²) in [6, 6.07) is 18.1. The number of para-hydroxylation sites is 1. The van der Waals surface area contributed by atoms with E-state index < -0.39 is 0 Å². The summed E-state index contributed by atoms with van der Waals surface area (Å²) in [5.41, 5.74) is 2.76. The molecule has 1 aromatic heterocycles. The van der Waals surface area contributed by atoms with Crippen LogP contribution in [0, 0.1) is 0 Å². The van der Waals surface area contributed by atoms with Gasteiger partial charge in [0, 0.05) is 24.0 Å². The molecule has 0 amide bonds. The van der Waals surface area contributed by atoms with Crippen LogP contribution in [-0.2, 0) is 0 Å². The summed E-state index contributed by atoms with van der Waals surface area (Å²) in [4.78, 5) is 12.4. The SMILES string of the molecule is CCN(CC)C(=S)c1nc(-c2ccccc2)nc2ccccc12. The largest absolute Gasteiger partial charge is 0.362 e. The Kier molecular flexibility index (Phi) is 4.63. The molecular formula is C19H19N3S. The van der Waals surface area contributed by atoms with Gasteiger partial charge in [0.1, 0.15) is 10.7 Å². The van der Waals surface area contributed by atoms with Crippen LogP contribution >= 0.6 is 12.2 Å². The monoisotopic (exact) mass is 321 g/mol. The van der Waals surface area contributed by atoms with Gasteiger partial charge >= 0.3 is 0 Å². The number of rotatable bonds is 4. The topological polar surface area (TPSA) is 29.0 Å². The van der Waals surface area contributed by atoms with E-state index in [-0.39, 0.29) is 0 Å². The van der Waals surface area contributed by atoms with Gasteiger partial charge in [0.2, 0.25) is 0 Å². The highest BCUT2D eigenvalue weighted by molar-refractivity contribution is 7.80. The van der Waals surface area contributed by atoms with Crippen LogP contribution in [0.4, 0.5) is 0 Å². The van der Waals surface area contributed by atoms with Crippen molar-refractivity contribution < 1.29 is 0 Å². The molecule has 0 atom stereocenters. The first-order valence-corrected chi connectivity index (χ1v) is 8.27. The van der Waals surface area contributed by atoms with Crippen LogP contribution in [-0.4, -0.2) is 32.9 Å². The summed E-state index contributed by atoms with van der Waals surface area (Å²) in [7, 11) is 0. The lowest BCUT2D eigenvalue weighted by atomic mass is 10.1. The van der Waals surface area contributed by atoms with E-state index in [0.29, 0.717) is 5.82 Å². The van der Waals surface area contributed by atoms with E-state index in [1.54, 1.807) is 0 Å². The second kappa shape index (κ2) is 6.84. The predicted octanol–water partition coefficient (Wildman–Crippen LogP) is 4.31. The molecule has 0 saturated heterocycles. The zero-order valence-electron chi connectivity index (χ0n) is 13.4. The van der Waals surface area contributed by atoms with Crippen molar-refractivity contribution in [3.8, 4) is 11.4 Å². The van der Waals surface area contributed by atoms with Gasteiger partial charge in [0.25, 0.3) is 0 Å². The molecule has 0 N–H and O–H groups in total. The number of benzene rings is 2. The number of hydrogen-bond acceptors (Lipinski definition) is 3. The Hall–Kier alpha value is -2.33. The van der Waals surface area contributed by atoms with Crippen LogP contribution < -0.4 is 0 Å². The number of hydrogen-bond donors (Lipinski definition) is 0. The molecule has 0 fully saturated rings. The van der Waals surface area contributed by atoms with E-state index in [4.69, 9.17) is 22.2 Å². The highest BCUT2D eigenvalue weighted by Gasteiger charge is 2.16. The molecule has 0 spiro atoms. The maximum absolute atomic E-state index is 5.71. The fourth-order valence-corrected chi connectivity index (χ4v) is 3.03.